The first kappa shape index (κ1) is 92.6. The minimum absolute atomic E-state index is 0. The number of benzene rings is 10. The monoisotopic (exact) mass is 1760 g/mol. The molecule has 6 fully saturated rings. The Hall–Kier alpha value is -10.7. The lowest BCUT2D eigenvalue weighted by Gasteiger charge is -2.42. The van der Waals surface area contributed by atoms with Gasteiger partial charge in [-0.25, -0.2) is 42.1 Å². The van der Waals surface area contributed by atoms with Crippen LogP contribution in [-0.4, -0.2) is 161 Å². The zero-order valence-electron chi connectivity index (χ0n) is 66.1. The molecule has 0 bridgehead atoms. The molecule has 10 aromatic rings. The number of Topliss-reactive ketones (excluding diaryl/α,β-unsaturated/α-hetero) is 2. The molecule has 10 aromatic carbocycles. The van der Waals surface area contributed by atoms with Crippen LogP contribution in [0.3, 0.4) is 0 Å². The minimum Gasteiger partial charge on any atom is -0.359 e. The van der Waals surface area contributed by atoms with E-state index < -0.39 is 54.9 Å². The predicted molar refractivity (Wildman–Crippen MR) is 476 cm³/mol. The number of nitrogens with one attached hydrogen (secondary N) is 2. The lowest BCUT2D eigenvalue weighted by atomic mass is 10.0. The third-order valence-corrected chi connectivity index (χ3v) is 29.6. The highest BCUT2D eigenvalue weighted by Crippen LogP contribution is 2.41. The van der Waals surface area contributed by atoms with Gasteiger partial charge in [0.2, 0.25) is 40.1 Å². The first-order valence-corrected chi connectivity index (χ1v) is 46.8. The van der Waals surface area contributed by atoms with E-state index in [0.29, 0.717) is 56.1 Å². The second-order valence-electron chi connectivity index (χ2n) is 28.1. The van der Waals surface area contributed by atoms with Crippen molar-refractivity contribution < 1.29 is 61.2 Å². The van der Waals surface area contributed by atoms with Crippen molar-refractivity contribution in [3.8, 4) is 116 Å². The fraction of sp³-hybridized carbons (Fsp3) is 0.234. The Labute approximate surface area is 722 Å². The number of hydrogen-bond acceptors (Lipinski definition) is 16. The molecule has 16 rings (SSSR count). The zero-order chi connectivity index (χ0) is 85.1. The molecule has 0 saturated carbocycles. The third kappa shape index (κ3) is 25.0. The molecule has 0 radical (unpaired) electrons. The van der Waals surface area contributed by atoms with Crippen molar-refractivity contribution in [2.24, 2.45) is 0 Å². The van der Waals surface area contributed by atoms with Crippen LogP contribution < -0.4 is 10.6 Å². The lowest BCUT2D eigenvalue weighted by molar-refractivity contribution is -0.121. The molecule has 0 aromatic heterocycles. The van der Waals surface area contributed by atoms with Crippen molar-refractivity contribution in [2.45, 2.75) is 87.3 Å². The van der Waals surface area contributed by atoms with Gasteiger partial charge in [-0.15, -0.1) is 25.3 Å². The molecule has 2 spiro atoms. The number of hydrogen-bond donors (Lipinski definition) is 2. The van der Waals surface area contributed by atoms with Crippen molar-refractivity contribution in [1.29, 1.82) is 0 Å². The summed E-state index contributed by atoms with van der Waals surface area (Å²) in [6.45, 7) is 5.68. The van der Waals surface area contributed by atoms with Gasteiger partial charge in [-0.1, -0.05) is 212 Å². The maximum absolute atomic E-state index is 13.7. The second-order valence-corrected chi connectivity index (χ2v) is 38.4. The van der Waals surface area contributed by atoms with Crippen LogP contribution in [0, 0.1) is 60.2 Å². The molecule has 6 saturated heterocycles. The van der Waals surface area contributed by atoms with Crippen molar-refractivity contribution >= 4 is 83.8 Å². The molecular weight excluding hydrogens is 1670 g/mol. The first-order chi connectivity index (χ1) is 57.8. The number of nitrogens with zero attached hydrogens (tertiary/aromatic N) is 4. The van der Waals surface area contributed by atoms with Gasteiger partial charge in [0.15, 0.2) is 0 Å². The lowest BCUT2D eigenvalue weighted by Crippen LogP contribution is -2.55. The smallest absolute Gasteiger partial charge is 0.261 e. The second kappa shape index (κ2) is 43.7. The Balaban J connectivity index is 0.000000165. The predicted octanol–water partition coefficient (Wildman–Crippen LogP) is 14.3. The Bertz CT molecular complexity index is 5990. The molecule has 0 atom stereocenters. The third-order valence-electron chi connectivity index (χ3n) is 20.6. The molecule has 0 aliphatic carbocycles. The maximum Gasteiger partial charge on any atom is 0.261 e. The van der Waals surface area contributed by atoms with Crippen LogP contribution in [0.15, 0.2) is 297 Å². The number of ketones is 2. The van der Waals surface area contributed by atoms with Crippen LogP contribution in [0.2, 0.25) is 0 Å². The van der Waals surface area contributed by atoms with Gasteiger partial charge in [0.25, 0.3) is 9.05 Å². The van der Waals surface area contributed by atoms with Crippen LogP contribution in [0.5, 0.6) is 0 Å². The summed E-state index contributed by atoms with van der Waals surface area (Å²) in [5.74, 6) is 18.9. The van der Waals surface area contributed by atoms with E-state index in [4.69, 9.17) is 33.0 Å². The molecular formula is C94H90Cl2N6O14S5. The highest BCUT2D eigenvalue weighted by Gasteiger charge is 2.52. The summed E-state index contributed by atoms with van der Waals surface area (Å²) < 4.78 is 145. The maximum atomic E-state index is 13.7. The number of terminal acetylenes is 2. The molecule has 121 heavy (non-hydrogen) atoms. The summed E-state index contributed by atoms with van der Waals surface area (Å²) in [5, 5.41) is 6.46. The van der Waals surface area contributed by atoms with Crippen LogP contribution in [0.4, 0.5) is 0 Å². The van der Waals surface area contributed by atoms with Gasteiger partial charge in [-0.05, 0) is 164 Å². The number of piperidine rings is 4. The average Bonchev–Trinajstić information content (AvgIpc) is 1.64. The van der Waals surface area contributed by atoms with Gasteiger partial charge in [0.05, 0.1) is 37.7 Å². The SMILES string of the molecule is C#CC#CC#CC#CC#C.Cl.O=C1CCN(S(=O)(=O)c2ccc(-c3ccccc3)cc2)CC1.O=C1CCNCC1.O=S(=O)(Cl)c1ccc(-c2ccccc2)cc1.O=S(=O)(c1ccc(-c2ccccc2)cc1)N1CCC2(CC1)NCCO2.O=S(=O)(c1ccc(-c2ccccc2)cc1)N1CCC2(CC1)OCCN2S(=O)(=O)c1ccc(-c2ccccc2)cc1. The van der Waals surface area contributed by atoms with Crippen molar-refractivity contribution in [3.05, 3.63) is 273 Å². The van der Waals surface area contributed by atoms with E-state index in [1.807, 2.05) is 200 Å². The van der Waals surface area contributed by atoms with E-state index in [9.17, 15) is 51.7 Å². The van der Waals surface area contributed by atoms with Crippen LogP contribution in [-0.2, 0) is 68.2 Å². The fourth-order valence-electron chi connectivity index (χ4n) is 14.1. The Morgan fingerprint density at radius 2 is 0.595 bits per heavy atom. The summed E-state index contributed by atoms with van der Waals surface area (Å²) in [7, 11) is -12.9. The van der Waals surface area contributed by atoms with Crippen molar-refractivity contribution in [3.63, 3.8) is 0 Å². The van der Waals surface area contributed by atoms with E-state index in [1.54, 1.807) is 65.0 Å². The topological polar surface area (TPSA) is 260 Å². The van der Waals surface area contributed by atoms with Gasteiger partial charge in [-0.3, -0.25) is 14.9 Å². The summed E-state index contributed by atoms with van der Waals surface area (Å²) in [6.07, 6.45) is 13.6. The molecule has 2 N–H and O–H groups in total. The molecule has 27 heteroatoms. The van der Waals surface area contributed by atoms with Gasteiger partial charge in [-0.2, -0.15) is 17.2 Å². The molecule has 0 amide bonds. The zero-order valence-corrected chi connectivity index (χ0v) is 71.8. The van der Waals surface area contributed by atoms with E-state index in [1.165, 1.54) is 25.0 Å². The standard InChI is InChI=1S/C31H30N2O5S2.C19H22N2O3S.C17H17NO3S.C12H9ClO2S.C10H2.C5H9NO.ClH/c34-39(35,29-15-11-27(12-16-29)25-7-3-1-4-8-25)32-21-19-31(20-22-32)33(23-24-38-31)40(36,37)30-17-13-28(14-18-30)26-9-5-2-6-10-26;22-25(23,21-13-10-19(11-14-21)20-12-15-24-19)18-8-6-17(7-9-18)16-4-2-1-3-5-16;19-16-10-12-18(13-11-16)22(20,21)17-8-6-15(7-9-17)14-4-2-1-3-5-14;13-16(14,15)12-8-6-11(7-9-12)10-4-2-1-3-5-10;1-3-5-7-9-10-8-6-4-2;7-5-1-3-6-4-2-5;/h1-18H,19-24H2;1-9,20H,10-15H2;1-9H,10-13H2;1-9H;1-2H;6H,1-4H2;1H. The number of carbonyl (C=O) groups is 2. The van der Waals surface area contributed by atoms with Crippen LogP contribution in [0.25, 0.3) is 55.6 Å². The Morgan fingerprint density at radius 3 is 0.884 bits per heavy atom. The van der Waals surface area contributed by atoms with Crippen LogP contribution >= 0.6 is 23.1 Å². The summed E-state index contributed by atoms with van der Waals surface area (Å²) >= 11 is 0. The minimum atomic E-state index is -3.84. The quantitative estimate of drug-likeness (QED) is 0.0757. The highest BCUT2D eigenvalue weighted by molar-refractivity contribution is 8.13. The van der Waals surface area contributed by atoms with Gasteiger partial charge >= 0.3 is 0 Å². The normalized spacial score (nSPS) is 16.4. The number of halogens is 2. The molecule has 624 valence electrons. The van der Waals surface area contributed by atoms with E-state index in [2.05, 4.69) is 58.0 Å². The summed E-state index contributed by atoms with van der Waals surface area (Å²) in [6, 6.07) is 83.3. The fourth-order valence-corrected chi connectivity index (χ4v) is 20.9. The molecule has 6 heterocycles. The molecule has 6 aliphatic rings. The first-order valence-electron chi connectivity index (χ1n) is 38.8. The molecule has 6 aliphatic heterocycles. The van der Waals surface area contributed by atoms with Gasteiger partial charge in [0.1, 0.15) is 23.0 Å². The Kier molecular flexibility index (Phi) is 33.5. The Morgan fingerprint density at radius 1 is 0.314 bits per heavy atom. The number of rotatable bonds is 14. The van der Waals surface area contributed by atoms with E-state index in [0.717, 1.165) is 88.1 Å². The number of ether oxygens (including phenoxy) is 2. The number of carbonyl (C=O) groups excluding carboxylic acids is 2. The number of sulfonamides is 4. The van der Waals surface area contributed by atoms with Gasteiger partial charge < -0.3 is 14.8 Å². The average molecular weight is 1760 g/mol. The largest absolute Gasteiger partial charge is 0.359 e. The summed E-state index contributed by atoms with van der Waals surface area (Å²) in [5.41, 5.74) is 8.65. The highest BCUT2D eigenvalue weighted by atomic mass is 35.7. The molecule has 0 unspecified atom stereocenters. The van der Waals surface area contributed by atoms with Crippen molar-refractivity contribution in [1.82, 2.24) is 27.9 Å². The van der Waals surface area contributed by atoms with Crippen LogP contribution in [0.1, 0.15) is 51.4 Å². The van der Waals surface area contributed by atoms with E-state index >= 15 is 0 Å². The van der Waals surface area contributed by atoms with E-state index in [-0.39, 0.29) is 95.7 Å². The molecule has 20 nitrogen and oxygen atoms in total. The van der Waals surface area contributed by atoms with Gasteiger partial charge in [0, 0.05) is 127 Å². The summed E-state index contributed by atoms with van der Waals surface area (Å²) in [4.78, 5) is 22.8. The van der Waals surface area contributed by atoms with Crippen molar-refractivity contribution in [2.75, 3.05) is 78.7 Å².